The van der Waals surface area contributed by atoms with E-state index in [9.17, 15) is 0 Å². The molecule has 1 fully saturated rings. The summed E-state index contributed by atoms with van der Waals surface area (Å²) < 4.78 is 0. The first kappa shape index (κ1) is 25.6. The molecular formula is C25H38IN5. The summed E-state index contributed by atoms with van der Waals surface area (Å²) >= 11 is 0. The number of guanidine groups is 1. The molecule has 31 heavy (non-hydrogen) atoms. The quantitative estimate of drug-likeness (QED) is 0.308. The maximum atomic E-state index is 4.95. The molecule has 2 aromatic carbocycles. The highest BCUT2D eigenvalue weighted by Gasteiger charge is 2.14. The first-order valence-corrected chi connectivity index (χ1v) is 11.3. The minimum absolute atomic E-state index is 0. The summed E-state index contributed by atoms with van der Waals surface area (Å²) in [7, 11) is 2.22. The summed E-state index contributed by atoms with van der Waals surface area (Å²) in [5.41, 5.74) is 2.61. The van der Waals surface area contributed by atoms with Crippen molar-refractivity contribution in [1.29, 1.82) is 0 Å². The lowest BCUT2D eigenvalue weighted by molar-refractivity contribution is 0.280. The zero-order valence-corrected chi connectivity index (χ0v) is 21.3. The number of likely N-dealkylation sites (N-methyl/N-ethyl adjacent to an activating group) is 1. The summed E-state index contributed by atoms with van der Waals surface area (Å²) in [6.45, 7) is 10.4. The fourth-order valence-electron chi connectivity index (χ4n) is 3.95. The predicted molar refractivity (Wildman–Crippen MR) is 143 cm³/mol. The van der Waals surface area contributed by atoms with E-state index in [4.69, 9.17) is 4.99 Å². The second-order valence-electron chi connectivity index (χ2n) is 8.02. The van der Waals surface area contributed by atoms with Gasteiger partial charge in [0.15, 0.2) is 5.96 Å². The molecule has 1 saturated heterocycles. The Morgan fingerprint density at radius 1 is 0.903 bits per heavy atom. The van der Waals surface area contributed by atoms with E-state index in [1.807, 2.05) is 0 Å². The molecule has 0 amide bonds. The maximum absolute atomic E-state index is 4.95. The van der Waals surface area contributed by atoms with Gasteiger partial charge in [-0.1, -0.05) is 60.7 Å². The van der Waals surface area contributed by atoms with Crippen LogP contribution in [0.1, 0.15) is 30.4 Å². The van der Waals surface area contributed by atoms with Gasteiger partial charge in [-0.3, -0.25) is 4.99 Å². The Morgan fingerprint density at radius 2 is 1.55 bits per heavy atom. The van der Waals surface area contributed by atoms with Gasteiger partial charge in [0.25, 0.3) is 0 Å². The van der Waals surface area contributed by atoms with Crippen LogP contribution in [0.15, 0.2) is 65.7 Å². The Labute approximate surface area is 205 Å². The Balaban J connectivity index is 0.00000341. The smallest absolute Gasteiger partial charge is 0.191 e. The number of halogens is 1. The third kappa shape index (κ3) is 8.79. The van der Waals surface area contributed by atoms with Gasteiger partial charge in [0.1, 0.15) is 0 Å². The minimum atomic E-state index is 0. The zero-order chi connectivity index (χ0) is 21.0. The van der Waals surface area contributed by atoms with E-state index in [1.54, 1.807) is 0 Å². The van der Waals surface area contributed by atoms with Crippen LogP contribution in [0.25, 0.3) is 0 Å². The van der Waals surface area contributed by atoms with Crippen molar-refractivity contribution in [2.75, 3.05) is 59.4 Å². The standard InChI is InChI=1S/C25H37N5.HI/c1-3-26-25(27-15-18-30-17-10-16-29(2)19-20-30)28-21-24(22-11-6-4-7-12-22)23-13-8-5-9-14-23;/h4-9,11-14,24H,3,10,15-21H2,1-2H3,(H2,26,27,28);1H. The third-order valence-electron chi connectivity index (χ3n) is 5.71. The number of nitrogens with zero attached hydrogens (tertiary/aromatic N) is 3. The van der Waals surface area contributed by atoms with Gasteiger partial charge in [-0.2, -0.15) is 0 Å². The van der Waals surface area contributed by atoms with E-state index in [1.165, 1.54) is 30.6 Å². The molecule has 0 atom stereocenters. The molecule has 6 heteroatoms. The van der Waals surface area contributed by atoms with Gasteiger partial charge < -0.3 is 20.4 Å². The zero-order valence-electron chi connectivity index (χ0n) is 19.0. The van der Waals surface area contributed by atoms with Gasteiger partial charge in [0.2, 0.25) is 0 Å². The average Bonchev–Trinajstić information content (AvgIpc) is 2.99. The number of rotatable bonds is 8. The van der Waals surface area contributed by atoms with Crippen molar-refractivity contribution < 1.29 is 0 Å². The van der Waals surface area contributed by atoms with Gasteiger partial charge in [-0.05, 0) is 44.6 Å². The molecule has 0 radical (unpaired) electrons. The molecule has 170 valence electrons. The lowest BCUT2D eigenvalue weighted by Gasteiger charge is -2.21. The molecule has 0 aromatic heterocycles. The molecule has 1 aliphatic rings. The van der Waals surface area contributed by atoms with E-state index in [0.29, 0.717) is 0 Å². The lowest BCUT2D eigenvalue weighted by Crippen LogP contribution is -2.42. The van der Waals surface area contributed by atoms with Gasteiger partial charge in [0, 0.05) is 38.6 Å². The van der Waals surface area contributed by atoms with Crippen LogP contribution in [0.4, 0.5) is 0 Å². The molecule has 0 bridgehead atoms. The van der Waals surface area contributed by atoms with Crippen LogP contribution in [0.3, 0.4) is 0 Å². The summed E-state index contributed by atoms with van der Waals surface area (Å²) in [4.78, 5) is 9.92. The SMILES string of the molecule is CCNC(=NCC(c1ccccc1)c1ccccc1)NCCN1CCCN(C)CC1.I. The number of hydrogen-bond donors (Lipinski definition) is 2. The van der Waals surface area contributed by atoms with Crippen molar-refractivity contribution in [3.05, 3.63) is 71.8 Å². The Bertz CT molecular complexity index is 714. The van der Waals surface area contributed by atoms with E-state index < -0.39 is 0 Å². The first-order valence-electron chi connectivity index (χ1n) is 11.3. The Kier molecular flexibility index (Phi) is 11.9. The molecular weight excluding hydrogens is 497 g/mol. The molecule has 1 heterocycles. The molecule has 1 aliphatic heterocycles. The van der Waals surface area contributed by atoms with Crippen LogP contribution in [0, 0.1) is 0 Å². The fourth-order valence-corrected chi connectivity index (χ4v) is 3.95. The highest BCUT2D eigenvalue weighted by Crippen LogP contribution is 2.24. The topological polar surface area (TPSA) is 42.9 Å². The highest BCUT2D eigenvalue weighted by molar-refractivity contribution is 14.0. The van der Waals surface area contributed by atoms with E-state index >= 15 is 0 Å². The Morgan fingerprint density at radius 3 is 2.16 bits per heavy atom. The van der Waals surface area contributed by atoms with Crippen molar-refractivity contribution in [3.8, 4) is 0 Å². The third-order valence-corrected chi connectivity index (χ3v) is 5.71. The predicted octanol–water partition coefficient (Wildman–Crippen LogP) is 3.63. The number of benzene rings is 2. The first-order chi connectivity index (χ1) is 14.8. The molecule has 0 unspecified atom stereocenters. The largest absolute Gasteiger partial charge is 0.357 e. The van der Waals surface area contributed by atoms with Crippen LogP contribution >= 0.6 is 24.0 Å². The number of nitrogens with one attached hydrogen (secondary N) is 2. The van der Waals surface area contributed by atoms with Crippen LogP contribution in [-0.2, 0) is 0 Å². The number of aliphatic imine (C=N–C) groups is 1. The monoisotopic (exact) mass is 535 g/mol. The molecule has 5 nitrogen and oxygen atoms in total. The lowest BCUT2D eigenvalue weighted by atomic mass is 9.91. The van der Waals surface area contributed by atoms with Crippen LogP contribution in [-0.4, -0.2) is 75.2 Å². The number of hydrogen-bond acceptors (Lipinski definition) is 3. The highest BCUT2D eigenvalue weighted by atomic mass is 127. The molecule has 0 saturated carbocycles. The van der Waals surface area contributed by atoms with Crippen molar-refractivity contribution >= 4 is 29.9 Å². The van der Waals surface area contributed by atoms with Crippen molar-refractivity contribution in [2.45, 2.75) is 19.3 Å². The minimum Gasteiger partial charge on any atom is -0.357 e. The van der Waals surface area contributed by atoms with E-state index in [0.717, 1.165) is 45.2 Å². The van der Waals surface area contributed by atoms with Gasteiger partial charge >= 0.3 is 0 Å². The summed E-state index contributed by atoms with van der Waals surface area (Å²) in [6.07, 6.45) is 1.25. The summed E-state index contributed by atoms with van der Waals surface area (Å²) in [5, 5.41) is 6.95. The summed E-state index contributed by atoms with van der Waals surface area (Å²) in [6, 6.07) is 21.4. The van der Waals surface area contributed by atoms with Crippen molar-refractivity contribution in [1.82, 2.24) is 20.4 Å². The van der Waals surface area contributed by atoms with E-state index in [-0.39, 0.29) is 29.9 Å². The van der Waals surface area contributed by atoms with Gasteiger partial charge in [-0.25, -0.2) is 0 Å². The fraction of sp³-hybridized carbons (Fsp3) is 0.480. The molecule has 0 aliphatic carbocycles. The summed E-state index contributed by atoms with van der Waals surface area (Å²) in [5.74, 6) is 1.16. The second-order valence-corrected chi connectivity index (χ2v) is 8.02. The molecule has 0 spiro atoms. The normalized spacial score (nSPS) is 15.9. The maximum Gasteiger partial charge on any atom is 0.191 e. The van der Waals surface area contributed by atoms with Crippen molar-refractivity contribution in [2.24, 2.45) is 4.99 Å². The molecule has 2 N–H and O–H groups in total. The van der Waals surface area contributed by atoms with Crippen LogP contribution in [0.5, 0.6) is 0 Å². The molecule has 2 aromatic rings. The van der Waals surface area contributed by atoms with Crippen molar-refractivity contribution in [3.63, 3.8) is 0 Å². The van der Waals surface area contributed by atoms with Gasteiger partial charge in [-0.15, -0.1) is 24.0 Å². The molecule has 3 rings (SSSR count). The van der Waals surface area contributed by atoms with E-state index in [2.05, 4.69) is 95.1 Å². The second kappa shape index (κ2) is 14.4. The van der Waals surface area contributed by atoms with Gasteiger partial charge in [0.05, 0.1) is 6.54 Å². The average molecular weight is 536 g/mol. The van der Waals surface area contributed by atoms with Crippen LogP contribution in [0.2, 0.25) is 0 Å². The Hall–Kier alpha value is -1.64. The van der Waals surface area contributed by atoms with Crippen LogP contribution < -0.4 is 10.6 Å².